The van der Waals surface area contributed by atoms with E-state index in [0.29, 0.717) is 29.9 Å². The molecule has 3 atom stereocenters. The van der Waals surface area contributed by atoms with E-state index in [1.807, 2.05) is 0 Å². The zero-order chi connectivity index (χ0) is 24.8. The molecule has 0 radical (unpaired) electrons. The van der Waals surface area contributed by atoms with Gasteiger partial charge in [-0.25, -0.2) is 9.37 Å². The van der Waals surface area contributed by atoms with E-state index in [1.54, 1.807) is 17.5 Å². The molecular weight excluding hydrogens is 478 g/mol. The maximum Gasteiger partial charge on any atom is 0.425 e. The molecule has 1 heterocycles. The molecule has 2 unspecified atom stereocenters. The molecule has 2 aliphatic rings. The Labute approximate surface area is 197 Å². The van der Waals surface area contributed by atoms with Gasteiger partial charge >= 0.3 is 6.18 Å². The van der Waals surface area contributed by atoms with Crippen LogP contribution in [0.3, 0.4) is 0 Å². The molecule has 1 aromatic heterocycles. The van der Waals surface area contributed by atoms with Crippen LogP contribution < -0.4 is 5.32 Å². The predicted molar refractivity (Wildman–Crippen MR) is 116 cm³/mol. The van der Waals surface area contributed by atoms with Crippen molar-refractivity contribution in [3.8, 4) is 11.8 Å². The molecule has 4 rings (SSSR count). The standard InChI is InChI=1S/C23H22ClF4N3O3/c1-31-11-29-19(20(31)21(33)30-15-2-3-17(25)16(24)8-15)12-6-13-9-22(34,10-14(13)7-12)5-4-18(32)23(26,27)28/h2-3,8,11-14,18,32,34H,6-7,9-10H2,1H3,(H,30,33)/t12?,13?,14?,18-,22?/m1/s1. The minimum atomic E-state index is -4.86. The van der Waals surface area contributed by atoms with Gasteiger partial charge < -0.3 is 20.1 Å². The summed E-state index contributed by atoms with van der Waals surface area (Å²) < 4.78 is 52.5. The van der Waals surface area contributed by atoms with Gasteiger partial charge in [0.2, 0.25) is 6.10 Å². The third-order valence-electron chi connectivity index (χ3n) is 6.54. The predicted octanol–water partition coefficient (Wildman–Crippen LogP) is 4.03. The highest BCUT2D eigenvalue weighted by molar-refractivity contribution is 6.31. The Morgan fingerprint density at radius 2 is 1.97 bits per heavy atom. The normalized spacial score (nSPS) is 27.1. The van der Waals surface area contributed by atoms with Crippen LogP contribution in [0.4, 0.5) is 23.2 Å². The summed E-state index contributed by atoms with van der Waals surface area (Å²) in [7, 11) is 1.68. The zero-order valence-electron chi connectivity index (χ0n) is 18.0. The summed E-state index contributed by atoms with van der Waals surface area (Å²) in [4.78, 5) is 17.4. The fourth-order valence-corrected chi connectivity index (χ4v) is 5.24. The first-order chi connectivity index (χ1) is 15.9. The second-order valence-electron chi connectivity index (χ2n) is 9.01. The molecule has 1 amide bonds. The van der Waals surface area contributed by atoms with Crippen molar-refractivity contribution < 1.29 is 32.6 Å². The number of hydrogen-bond donors (Lipinski definition) is 3. The molecule has 0 saturated heterocycles. The van der Waals surface area contributed by atoms with Crippen molar-refractivity contribution in [1.82, 2.24) is 9.55 Å². The van der Waals surface area contributed by atoms with Gasteiger partial charge in [-0.2, -0.15) is 13.2 Å². The van der Waals surface area contributed by atoms with Crippen molar-refractivity contribution in [2.45, 2.75) is 49.5 Å². The van der Waals surface area contributed by atoms with Crippen molar-refractivity contribution in [2.75, 3.05) is 5.32 Å². The van der Waals surface area contributed by atoms with E-state index < -0.39 is 29.6 Å². The van der Waals surface area contributed by atoms with E-state index in [9.17, 15) is 27.5 Å². The van der Waals surface area contributed by atoms with Crippen LogP contribution in [-0.2, 0) is 7.05 Å². The van der Waals surface area contributed by atoms with Crippen molar-refractivity contribution >= 4 is 23.2 Å². The number of amides is 1. The number of nitrogens with one attached hydrogen (secondary N) is 1. The number of imidazole rings is 1. The average Bonchev–Trinajstić information content (AvgIpc) is 3.39. The second kappa shape index (κ2) is 8.87. The van der Waals surface area contributed by atoms with Gasteiger partial charge in [0.25, 0.3) is 5.91 Å². The van der Waals surface area contributed by atoms with Crippen LogP contribution in [-0.4, -0.2) is 43.6 Å². The molecule has 3 N–H and O–H groups in total. The number of rotatable bonds is 3. The lowest BCUT2D eigenvalue weighted by Gasteiger charge is -2.19. The van der Waals surface area contributed by atoms with Gasteiger partial charge in [0.15, 0.2) is 0 Å². The highest BCUT2D eigenvalue weighted by Gasteiger charge is 2.49. The molecular formula is C23H22ClF4N3O3. The van der Waals surface area contributed by atoms with Crippen LogP contribution >= 0.6 is 11.6 Å². The largest absolute Gasteiger partial charge is 0.425 e. The number of aliphatic hydroxyl groups is 2. The number of fused-ring (bicyclic) bond motifs is 1. The number of aliphatic hydroxyl groups excluding tert-OH is 1. The van der Waals surface area contributed by atoms with Crippen LogP contribution in [0.25, 0.3) is 0 Å². The molecule has 11 heteroatoms. The number of aromatic nitrogens is 2. The Balaban J connectivity index is 1.46. The molecule has 34 heavy (non-hydrogen) atoms. The smallest absolute Gasteiger partial charge is 0.378 e. The Morgan fingerprint density at radius 1 is 1.32 bits per heavy atom. The van der Waals surface area contributed by atoms with Crippen molar-refractivity contribution in [3.05, 3.63) is 46.8 Å². The van der Waals surface area contributed by atoms with Gasteiger partial charge in [-0.3, -0.25) is 4.79 Å². The number of hydrogen-bond acceptors (Lipinski definition) is 4. The van der Waals surface area contributed by atoms with Gasteiger partial charge in [0.1, 0.15) is 17.1 Å². The summed E-state index contributed by atoms with van der Waals surface area (Å²) in [5.41, 5.74) is -0.325. The van der Waals surface area contributed by atoms with Crippen molar-refractivity contribution in [1.29, 1.82) is 0 Å². The third kappa shape index (κ3) is 4.92. The summed E-state index contributed by atoms with van der Waals surface area (Å²) >= 11 is 5.78. The number of carbonyl (C=O) groups is 1. The number of benzene rings is 1. The second-order valence-corrected chi connectivity index (χ2v) is 9.42. The number of alkyl halides is 3. The van der Waals surface area contributed by atoms with E-state index in [0.717, 1.165) is 6.07 Å². The van der Waals surface area contributed by atoms with E-state index >= 15 is 0 Å². The monoisotopic (exact) mass is 499 g/mol. The molecule has 6 nitrogen and oxygen atoms in total. The zero-order valence-corrected chi connectivity index (χ0v) is 18.8. The Bertz CT molecular complexity index is 1160. The summed E-state index contributed by atoms with van der Waals surface area (Å²) in [5, 5.41) is 22.3. The number of aryl methyl sites for hydroxylation is 1. The van der Waals surface area contributed by atoms with Gasteiger partial charge in [-0.05, 0) is 55.7 Å². The van der Waals surface area contributed by atoms with E-state index in [1.165, 1.54) is 18.5 Å². The van der Waals surface area contributed by atoms with Gasteiger partial charge in [0, 0.05) is 18.7 Å². The number of nitrogens with zero attached hydrogens (tertiary/aromatic N) is 2. The quantitative estimate of drug-likeness (QED) is 0.439. The first kappa shape index (κ1) is 24.5. The lowest BCUT2D eigenvalue weighted by Crippen LogP contribution is -2.29. The SMILES string of the molecule is Cn1cnc(C2CC3CC(O)(C#C[C@@H](O)C(F)(F)F)CC3C2)c1C(=O)Nc1ccc(F)c(Cl)c1. The molecule has 0 bridgehead atoms. The van der Waals surface area contributed by atoms with E-state index in [-0.39, 0.29) is 35.6 Å². The average molecular weight is 500 g/mol. The lowest BCUT2D eigenvalue weighted by atomic mass is 9.92. The van der Waals surface area contributed by atoms with Gasteiger partial charge in [-0.1, -0.05) is 23.4 Å². The Kier molecular flexibility index (Phi) is 6.40. The maximum atomic E-state index is 13.4. The van der Waals surface area contributed by atoms with E-state index in [4.69, 9.17) is 16.7 Å². The highest BCUT2D eigenvalue weighted by atomic mass is 35.5. The third-order valence-corrected chi connectivity index (χ3v) is 6.83. The minimum Gasteiger partial charge on any atom is -0.378 e. The molecule has 2 aromatic rings. The molecule has 1 aromatic carbocycles. The van der Waals surface area contributed by atoms with Crippen LogP contribution in [0.15, 0.2) is 24.5 Å². The highest BCUT2D eigenvalue weighted by Crippen LogP contribution is 2.53. The molecule has 0 aliphatic heterocycles. The van der Waals surface area contributed by atoms with Crippen LogP contribution in [0, 0.1) is 29.5 Å². The first-order valence-corrected chi connectivity index (χ1v) is 11.0. The fourth-order valence-electron chi connectivity index (χ4n) is 5.06. The van der Waals surface area contributed by atoms with Crippen molar-refractivity contribution in [2.24, 2.45) is 18.9 Å². The topological polar surface area (TPSA) is 87.4 Å². The van der Waals surface area contributed by atoms with Crippen LogP contribution in [0.2, 0.25) is 5.02 Å². The first-order valence-electron chi connectivity index (χ1n) is 10.6. The summed E-state index contributed by atoms with van der Waals surface area (Å²) in [6.07, 6.45) is -4.57. The molecule has 2 saturated carbocycles. The van der Waals surface area contributed by atoms with Crippen LogP contribution in [0.1, 0.15) is 47.8 Å². The maximum absolute atomic E-state index is 13.4. The summed E-state index contributed by atoms with van der Waals surface area (Å²) in [6.45, 7) is 0. The number of carbonyl (C=O) groups excluding carboxylic acids is 1. The Morgan fingerprint density at radius 3 is 2.56 bits per heavy atom. The molecule has 182 valence electrons. The summed E-state index contributed by atoms with van der Waals surface area (Å²) in [5.74, 6) is 2.85. The molecule has 2 fully saturated rings. The van der Waals surface area contributed by atoms with Gasteiger partial charge in [0.05, 0.1) is 17.0 Å². The minimum absolute atomic E-state index is 0.00107. The number of halogens is 5. The van der Waals surface area contributed by atoms with Crippen molar-refractivity contribution in [3.63, 3.8) is 0 Å². The molecule has 2 aliphatic carbocycles. The lowest BCUT2D eigenvalue weighted by molar-refractivity contribution is -0.184. The van der Waals surface area contributed by atoms with Crippen LogP contribution in [0.5, 0.6) is 0 Å². The summed E-state index contributed by atoms with van der Waals surface area (Å²) in [6, 6.07) is 3.85. The Hall–Kier alpha value is -2.61. The van der Waals surface area contributed by atoms with E-state index in [2.05, 4.69) is 16.2 Å². The molecule has 0 spiro atoms. The van der Waals surface area contributed by atoms with Gasteiger partial charge in [-0.15, -0.1) is 0 Å². The number of anilines is 1. The fraction of sp³-hybridized carbons (Fsp3) is 0.478.